The first-order chi connectivity index (χ1) is 9.40. The lowest BCUT2D eigenvalue weighted by molar-refractivity contribution is 0.416. The van der Waals surface area contributed by atoms with Crippen molar-refractivity contribution < 1.29 is 0 Å². The molecule has 0 unspecified atom stereocenters. The van der Waals surface area contributed by atoms with Crippen molar-refractivity contribution >= 4 is 5.82 Å². The summed E-state index contributed by atoms with van der Waals surface area (Å²) in [5.74, 6) is 1.73. The molecule has 0 fully saturated rings. The highest BCUT2D eigenvalue weighted by Gasteiger charge is 2.06. The number of hydrogen-bond acceptors (Lipinski definition) is 4. The zero-order valence-electron chi connectivity index (χ0n) is 13.9. The van der Waals surface area contributed by atoms with Crippen molar-refractivity contribution in [1.82, 2.24) is 15.2 Å². The van der Waals surface area contributed by atoms with Gasteiger partial charge in [0.05, 0.1) is 0 Å². The second kappa shape index (κ2) is 8.22. The van der Waals surface area contributed by atoms with Crippen LogP contribution in [0.4, 0.5) is 5.82 Å². The highest BCUT2D eigenvalue weighted by molar-refractivity contribution is 5.40. The SMILES string of the molecule is Cc1nc(N(C)CCN(C)C)ccc1CNCC(C)C. The van der Waals surface area contributed by atoms with Gasteiger partial charge >= 0.3 is 0 Å². The third kappa shape index (κ3) is 5.88. The van der Waals surface area contributed by atoms with Crippen LogP contribution in [0.1, 0.15) is 25.1 Å². The summed E-state index contributed by atoms with van der Waals surface area (Å²) in [6.45, 7) is 10.5. The fourth-order valence-electron chi connectivity index (χ4n) is 1.94. The highest BCUT2D eigenvalue weighted by atomic mass is 15.2. The van der Waals surface area contributed by atoms with E-state index in [1.165, 1.54) is 5.56 Å². The monoisotopic (exact) mass is 278 g/mol. The van der Waals surface area contributed by atoms with Gasteiger partial charge in [0.15, 0.2) is 0 Å². The van der Waals surface area contributed by atoms with E-state index in [1.807, 2.05) is 0 Å². The minimum atomic E-state index is 0.680. The van der Waals surface area contributed by atoms with Crippen molar-refractivity contribution in [3.63, 3.8) is 0 Å². The highest BCUT2D eigenvalue weighted by Crippen LogP contribution is 2.13. The third-order valence-electron chi connectivity index (χ3n) is 3.32. The van der Waals surface area contributed by atoms with Crippen LogP contribution in [0.2, 0.25) is 0 Å². The van der Waals surface area contributed by atoms with E-state index in [-0.39, 0.29) is 0 Å². The van der Waals surface area contributed by atoms with Crippen LogP contribution in [0.15, 0.2) is 12.1 Å². The molecule has 0 aliphatic heterocycles. The number of aromatic nitrogens is 1. The van der Waals surface area contributed by atoms with Crippen LogP contribution in [-0.4, -0.2) is 50.7 Å². The summed E-state index contributed by atoms with van der Waals surface area (Å²) in [6.07, 6.45) is 0. The summed E-state index contributed by atoms with van der Waals surface area (Å²) in [5.41, 5.74) is 2.41. The van der Waals surface area contributed by atoms with Crippen LogP contribution in [0.3, 0.4) is 0 Å². The maximum Gasteiger partial charge on any atom is 0.128 e. The van der Waals surface area contributed by atoms with Crippen LogP contribution in [0.5, 0.6) is 0 Å². The van der Waals surface area contributed by atoms with Gasteiger partial charge in [-0.3, -0.25) is 0 Å². The normalized spacial score (nSPS) is 11.4. The molecular formula is C16H30N4. The van der Waals surface area contributed by atoms with Gasteiger partial charge in [-0.2, -0.15) is 0 Å². The number of hydrogen-bond donors (Lipinski definition) is 1. The standard InChI is InChI=1S/C16H30N4/c1-13(2)11-17-12-15-7-8-16(18-14(15)3)20(6)10-9-19(4)5/h7-8,13,17H,9-12H2,1-6H3. The van der Waals surface area contributed by atoms with Crippen molar-refractivity contribution in [2.75, 3.05) is 45.7 Å². The van der Waals surface area contributed by atoms with Gasteiger partial charge < -0.3 is 15.1 Å². The van der Waals surface area contributed by atoms with Crippen molar-refractivity contribution in [2.45, 2.75) is 27.3 Å². The van der Waals surface area contributed by atoms with E-state index in [2.05, 4.69) is 69.2 Å². The number of aryl methyl sites for hydroxylation is 1. The summed E-state index contributed by atoms with van der Waals surface area (Å²) >= 11 is 0. The molecule has 0 amide bonds. The number of likely N-dealkylation sites (N-methyl/N-ethyl adjacent to an activating group) is 2. The van der Waals surface area contributed by atoms with E-state index in [9.17, 15) is 0 Å². The lowest BCUT2D eigenvalue weighted by Gasteiger charge is -2.21. The molecule has 1 aromatic rings. The van der Waals surface area contributed by atoms with E-state index in [1.54, 1.807) is 0 Å². The van der Waals surface area contributed by atoms with Crippen LogP contribution in [-0.2, 0) is 6.54 Å². The Morgan fingerprint density at radius 2 is 1.85 bits per heavy atom. The predicted molar refractivity (Wildman–Crippen MR) is 87.3 cm³/mol. The summed E-state index contributed by atoms with van der Waals surface area (Å²) in [4.78, 5) is 9.11. The number of pyridine rings is 1. The van der Waals surface area contributed by atoms with Crippen molar-refractivity contribution in [2.24, 2.45) is 5.92 Å². The minimum absolute atomic E-state index is 0.680. The second-order valence-corrected chi connectivity index (χ2v) is 6.16. The molecule has 0 aliphatic carbocycles. The Bertz CT molecular complexity index is 401. The molecule has 1 aromatic heterocycles. The second-order valence-electron chi connectivity index (χ2n) is 6.16. The third-order valence-corrected chi connectivity index (χ3v) is 3.32. The number of rotatable bonds is 8. The Hall–Kier alpha value is -1.13. The smallest absolute Gasteiger partial charge is 0.128 e. The molecule has 0 radical (unpaired) electrons. The van der Waals surface area contributed by atoms with E-state index >= 15 is 0 Å². The van der Waals surface area contributed by atoms with Gasteiger partial charge in [0.2, 0.25) is 0 Å². The minimum Gasteiger partial charge on any atom is -0.358 e. The Morgan fingerprint density at radius 3 is 2.40 bits per heavy atom. The molecule has 1 rings (SSSR count). The first-order valence-corrected chi connectivity index (χ1v) is 7.43. The molecule has 0 saturated heterocycles. The molecule has 1 heterocycles. The number of anilines is 1. The van der Waals surface area contributed by atoms with Crippen LogP contribution in [0.25, 0.3) is 0 Å². The lowest BCUT2D eigenvalue weighted by Crippen LogP contribution is -2.29. The van der Waals surface area contributed by atoms with Crippen LogP contribution in [0, 0.1) is 12.8 Å². The summed E-state index contributed by atoms with van der Waals surface area (Å²) < 4.78 is 0. The van der Waals surface area contributed by atoms with Crippen molar-refractivity contribution in [3.8, 4) is 0 Å². The van der Waals surface area contributed by atoms with E-state index < -0.39 is 0 Å². The average Bonchev–Trinajstić information content (AvgIpc) is 2.37. The quantitative estimate of drug-likeness (QED) is 0.789. The topological polar surface area (TPSA) is 31.4 Å². The Balaban J connectivity index is 2.58. The zero-order chi connectivity index (χ0) is 15.1. The van der Waals surface area contributed by atoms with E-state index in [0.29, 0.717) is 5.92 Å². The fraction of sp³-hybridized carbons (Fsp3) is 0.688. The lowest BCUT2D eigenvalue weighted by atomic mass is 10.2. The molecule has 0 bridgehead atoms. The molecular weight excluding hydrogens is 248 g/mol. The maximum atomic E-state index is 4.72. The molecule has 0 aromatic carbocycles. The van der Waals surface area contributed by atoms with Crippen molar-refractivity contribution in [3.05, 3.63) is 23.4 Å². The van der Waals surface area contributed by atoms with Gasteiger partial charge in [-0.25, -0.2) is 4.98 Å². The van der Waals surface area contributed by atoms with Crippen LogP contribution >= 0.6 is 0 Å². The zero-order valence-corrected chi connectivity index (χ0v) is 13.9. The van der Waals surface area contributed by atoms with E-state index in [4.69, 9.17) is 4.98 Å². The average molecular weight is 278 g/mol. The van der Waals surface area contributed by atoms with E-state index in [0.717, 1.165) is 37.7 Å². The molecule has 114 valence electrons. The summed E-state index contributed by atoms with van der Waals surface area (Å²) in [5, 5.41) is 3.47. The predicted octanol–water partition coefficient (Wildman–Crippen LogP) is 2.13. The summed E-state index contributed by atoms with van der Waals surface area (Å²) in [7, 11) is 6.29. The molecule has 4 heteroatoms. The van der Waals surface area contributed by atoms with Gasteiger partial charge in [0.1, 0.15) is 5.82 Å². The number of nitrogens with zero attached hydrogens (tertiary/aromatic N) is 3. The molecule has 20 heavy (non-hydrogen) atoms. The van der Waals surface area contributed by atoms with Gasteiger partial charge in [-0.15, -0.1) is 0 Å². The first-order valence-electron chi connectivity index (χ1n) is 7.43. The molecule has 0 atom stereocenters. The molecule has 0 spiro atoms. The Morgan fingerprint density at radius 1 is 1.15 bits per heavy atom. The van der Waals surface area contributed by atoms with Gasteiger partial charge in [-0.05, 0) is 45.1 Å². The Labute approximate surface area is 124 Å². The maximum absolute atomic E-state index is 4.72. The summed E-state index contributed by atoms with van der Waals surface area (Å²) in [6, 6.07) is 4.31. The first kappa shape index (κ1) is 16.9. The van der Waals surface area contributed by atoms with Gasteiger partial charge in [-0.1, -0.05) is 19.9 Å². The molecule has 0 aliphatic rings. The fourth-order valence-corrected chi connectivity index (χ4v) is 1.94. The largest absolute Gasteiger partial charge is 0.358 e. The van der Waals surface area contributed by atoms with Crippen molar-refractivity contribution in [1.29, 1.82) is 0 Å². The molecule has 0 saturated carbocycles. The van der Waals surface area contributed by atoms with Gasteiger partial charge in [0.25, 0.3) is 0 Å². The van der Waals surface area contributed by atoms with Crippen LogP contribution < -0.4 is 10.2 Å². The Kier molecular flexibility index (Phi) is 6.96. The molecule has 4 nitrogen and oxygen atoms in total. The van der Waals surface area contributed by atoms with Gasteiger partial charge in [0, 0.05) is 32.4 Å². The molecule has 1 N–H and O–H groups in total. The number of nitrogens with one attached hydrogen (secondary N) is 1.